The van der Waals surface area contributed by atoms with Crippen molar-refractivity contribution in [1.82, 2.24) is 9.78 Å². The number of carbonyl (C=O) groups excluding carboxylic acids is 1. The van der Waals surface area contributed by atoms with E-state index >= 15 is 0 Å². The van der Waals surface area contributed by atoms with Crippen LogP contribution in [0.5, 0.6) is 0 Å². The molecule has 0 fully saturated rings. The lowest BCUT2D eigenvalue weighted by atomic mass is 10.2. The van der Waals surface area contributed by atoms with E-state index in [0.717, 1.165) is 33.4 Å². The Hall–Kier alpha value is -1.42. The molecule has 3 nitrogen and oxygen atoms in total. The summed E-state index contributed by atoms with van der Waals surface area (Å²) in [6, 6.07) is 5.55. The number of rotatable bonds is 2. The Labute approximate surface area is 109 Å². The highest BCUT2D eigenvalue weighted by atomic mass is 79.9. The fraction of sp³-hybridized carbons (Fsp3) is 0.231. The van der Waals surface area contributed by atoms with Crippen molar-refractivity contribution in [3.8, 4) is 5.69 Å². The third-order valence-corrected chi connectivity index (χ3v) is 3.49. The van der Waals surface area contributed by atoms with Crippen molar-refractivity contribution in [1.29, 1.82) is 0 Å². The molecule has 0 saturated carbocycles. The molecule has 0 aliphatic heterocycles. The first-order chi connectivity index (χ1) is 8.04. The van der Waals surface area contributed by atoms with E-state index in [1.165, 1.54) is 0 Å². The number of hydrogen-bond donors (Lipinski definition) is 0. The Kier molecular flexibility index (Phi) is 3.15. The fourth-order valence-electron chi connectivity index (χ4n) is 1.76. The van der Waals surface area contributed by atoms with Crippen molar-refractivity contribution in [3.05, 3.63) is 45.2 Å². The molecule has 1 heterocycles. The second-order valence-electron chi connectivity index (χ2n) is 4.03. The third kappa shape index (κ3) is 2.05. The van der Waals surface area contributed by atoms with E-state index in [1.54, 1.807) is 6.07 Å². The van der Waals surface area contributed by atoms with Crippen LogP contribution in [-0.4, -0.2) is 16.1 Å². The maximum absolute atomic E-state index is 11.1. The minimum atomic E-state index is 0.638. The molecule has 0 aliphatic carbocycles. The second-order valence-corrected chi connectivity index (χ2v) is 4.94. The molecule has 1 aromatic carbocycles. The van der Waals surface area contributed by atoms with Crippen LogP contribution in [0.3, 0.4) is 0 Å². The van der Waals surface area contributed by atoms with Gasteiger partial charge in [0, 0.05) is 15.7 Å². The van der Waals surface area contributed by atoms with Crippen LogP contribution in [0.2, 0.25) is 0 Å². The van der Waals surface area contributed by atoms with Gasteiger partial charge in [0.1, 0.15) is 0 Å². The molecule has 2 aromatic rings. The van der Waals surface area contributed by atoms with E-state index < -0.39 is 0 Å². The summed E-state index contributed by atoms with van der Waals surface area (Å²) in [5, 5.41) is 4.47. The van der Waals surface area contributed by atoms with Gasteiger partial charge in [-0.25, -0.2) is 4.68 Å². The van der Waals surface area contributed by atoms with Gasteiger partial charge in [-0.05, 0) is 44.5 Å². The van der Waals surface area contributed by atoms with E-state index in [-0.39, 0.29) is 0 Å². The van der Waals surface area contributed by atoms with Gasteiger partial charge in [0.25, 0.3) is 0 Å². The fourth-order valence-corrected chi connectivity index (χ4v) is 2.10. The molecule has 0 atom stereocenters. The minimum absolute atomic E-state index is 0.638. The topological polar surface area (TPSA) is 34.9 Å². The highest BCUT2D eigenvalue weighted by Gasteiger charge is 2.12. The molecule has 88 valence electrons. The van der Waals surface area contributed by atoms with E-state index in [2.05, 4.69) is 21.0 Å². The van der Waals surface area contributed by atoms with Crippen molar-refractivity contribution in [2.75, 3.05) is 0 Å². The van der Waals surface area contributed by atoms with Gasteiger partial charge in [-0.1, -0.05) is 15.9 Å². The van der Waals surface area contributed by atoms with Gasteiger partial charge >= 0.3 is 0 Å². The van der Waals surface area contributed by atoms with Crippen molar-refractivity contribution >= 4 is 22.2 Å². The Bertz CT molecular complexity index is 587. The van der Waals surface area contributed by atoms with Crippen molar-refractivity contribution in [2.24, 2.45) is 0 Å². The Balaban J connectivity index is 2.71. The number of aromatic nitrogens is 2. The Morgan fingerprint density at radius 2 is 2.00 bits per heavy atom. The first kappa shape index (κ1) is 12.0. The zero-order valence-electron chi connectivity index (χ0n) is 9.99. The molecule has 0 spiro atoms. The SMILES string of the molecule is Cc1nn(-c2cc(Br)ccc2C=O)c(C)c1C. The van der Waals surface area contributed by atoms with E-state index in [4.69, 9.17) is 0 Å². The first-order valence-electron chi connectivity index (χ1n) is 5.32. The Morgan fingerprint density at radius 3 is 2.53 bits per heavy atom. The number of aldehydes is 1. The smallest absolute Gasteiger partial charge is 0.152 e. The highest BCUT2D eigenvalue weighted by Crippen LogP contribution is 2.22. The van der Waals surface area contributed by atoms with E-state index in [0.29, 0.717) is 5.56 Å². The molecule has 0 aliphatic rings. The summed E-state index contributed by atoms with van der Waals surface area (Å²) in [5.74, 6) is 0. The molecule has 1 aromatic heterocycles. The standard InChI is InChI=1S/C13H13BrN2O/c1-8-9(2)15-16(10(8)3)13-6-12(14)5-4-11(13)7-17/h4-7H,1-3H3. The summed E-state index contributed by atoms with van der Waals surface area (Å²) >= 11 is 3.42. The van der Waals surface area contributed by atoms with Crippen LogP contribution >= 0.6 is 15.9 Å². The predicted octanol–water partition coefficient (Wildman–Crippen LogP) is 3.37. The zero-order valence-corrected chi connectivity index (χ0v) is 11.6. The molecule has 4 heteroatoms. The predicted molar refractivity (Wildman–Crippen MR) is 70.9 cm³/mol. The number of nitrogens with zero attached hydrogens (tertiary/aromatic N) is 2. The van der Waals surface area contributed by atoms with Crippen LogP contribution in [0, 0.1) is 20.8 Å². The van der Waals surface area contributed by atoms with Crippen molar-refractivity contribution < 1.29 is 4.79 Å². The number of aryl methyl sites for hydroxylation is 1. The lowest BCUT2D eigenvalue weighted by Crippen LogP contribution is -2.03. The lowest BCUT2D eigenvalue weighted by molar-refractivity contribution is 0.112. The number of carbonyl (C=O) groups is 1. The molecule has 17 heavy (non-hydrogen) atoms. The summed E-state index contributed by atoms with van der Waals surface area (Å²) in [5.41, 5.74) is 4.65. The number of halogens is 1. The molecule has 0 bridgehead atoms. The average Bonchev–Trinajstić information content (AvgIpc) is 2.57. The molecule has 0 saturated heterocycles. The third-order valence-electron chi connectivity index (χ3n) is 3.00. The first-order valence-corrected chi connectivity index (χ1v) is 6.12. The summed E-state index contributed by atoms with van der Waals surface area (Å²) in [7, 11) is 0. The van der Waals surface area contributed by atoms with Crippen molar-refractivity contribution in [2.45, 2.75) is 20.8 Å². The quantitative estimate of drug-likeness (QED) is 0.796. The summed E-state index contributed by atoms with van der Waals surface area (Å²) in [6.45, 7) is 6.01. The molecule has 0 N–H and O–H groups in total. The average molecular weight is 293 g/mol. The minimum Gasteiger partial charge on any atom is -0.298 e. The van der Waals surface area contributed by atoms with Gasteiger partial charge in [-0.2, -0.15) is 5.10 Å². The maximum Gasteiger partial charge on any atom is 0.152 e. The molecule has 0 radical (unpaired) electrons. The normalized spacial score (nSPS) is 10.6. The monoisotopic (exact) mass is 292 g/mol. The number of benzene rings is 1. The molecular formula is C13H13BrN2O. The molecular weight excluding hydrogens is 280 g/mol. The second kappa shape index (κ2) is 4.45. The van der Waals surface area contributed by atoms with Gasteiger partial charge in [-0.3, -0.25) is 4.79 Å². The highest BCUT2D eigenvalue weighted by molar-refractivity contribution is 9.10. The summed E-state index contributed by atoms with van der Waals surface area (Å²) in [6.07, 6.45) is 0.855. The molecule has 0 unspecified atom stereocenters. The van der Waals surface area contributed by atoms with Crippen LogP contribution in [0.4, 0.5) is 0 Å². The summed E-state index contributed by atoms with van der Waals surface area (Å²) < 4.78 is 2.75. The van der Waals surface area contributed by atoms with Crippen LogP contribution in [0.1, 0.15) is 27.3 Å². The van der Waals surface area contributed by atoms with Crippen LogP contribution in [-0.2, 0) is 0 Å². The largest absolute Gasteiger partial charge is 0.298 e. The molecule has 0 amide bonds. The van der Waals surface area contributed by atoms with Gasteiger partial charge in [0.15, 0.2) is 6.29 Å². The van der Waals surface area contributed by atoms with Crippen LogP contribution < -0.4 is 0 Å². The lowest BCUT2D eigenvalue weighted by Gasteiger charge is -2.08. The molecule has 2 rings (SSSR count). The van der Waals surface area contributed by atoms with Crippen LogP contribution in [0.15, 0.2) is 22.7 Å². The van der Waals surface area contributed by atoms with Gasteiger partial charge < -0.3 is 0 Å². The Morgan fingerprint density at radius 1 is 1.29 bits per heavy atom. The van der Waals surface area contributed by atoms with Crippen LogP contribution in [0.25, 0.3) is 5.69 Å². The van der Waals surface area contributed by atoms with E-state index in [1.807, 2.05) is 37.6 Å². The van der Waals surface area contributed by atoms with E-state index in [9.17, 15) is 4.79 Å². The van der Waals surface area contributed by atoms with Gasteiger partial charge in [0.2, 0.25) is 0 Å². The summed E-state index contributed by atoms with van der Waals surface area (Å²) in [4.78, 5) is 11.1. The van der Waals surface area contributed by atoms with Gasteiger partial charge in [-0.15, -0.1) is 0 Å². The number of hydrogen-bond acceptors (Lipinski definition) is 2. The zero-order chi connectivity index (χ0) is 12.6. The van der Waals surface area contributed by atoms with Crippen molar-refractivity contribution in [3.63, 3.8) is 0 Å². The maximum atomic E-state index is 11.1. The van der Waals surface area contributed by atoms with Gasteiger partial charge in [0.05, 0.1) is 11.4 Å².